The molecule has 0 aromatic heterocycles. The Hall–Kier alpha value is -2.99. The van der Waals surface area contributed by atoms with Crippen LogP contribution in [0, 0.1) is 0 Å². The summed E-state index contributed by atoms with van der Waals surface area (Å²) in [5.74, 6) is 0.266. The van der Waals surface area contributed by atoms with Gasteiger partial charge in [0.2, 0.25) is 0 Å². The number of carbonyl (C=O) groups excluding carboxylic acids is 1. The molecule has 142 valence electrons. The van der Waals surface area contributed by atoms with E-state index in [4.69, 9.17) is 9.47 Å². The first-order valence-corrected chi connectivity index (χ1v) is 8.54. The van der Waals surface area contributed by atoms with Gasteiger partial charge in [0.25, 0.3) is 0 Å². The Balaban J connectivity index is 2.12. The van der Waals surface area contributed by atoms with Gasteiger partial charge in [-0.15, -0.1) is 0 Å². The largest absolute Gasteiger partial charge is 0.508 e. The van der Waals surface area contributed by atoms with Crippen LogP contribution in [0.3, 0.4) is 0 Å². The molecular formula is C21H22O6. The van der Waals surface area contributed by atoms with Gasteiger partial charge < -0.3 is 24.8 Å². The number of fused-ring (bicyclic) bond motifs is 1. The van der Waals surface area contributed by atoms with Crippen LogP contribution in [-0.2, 0) is 0 Å². The fourth-order valence-corrected chi connectivity index (χ4v) is 2.96. The molecule has 0 saturated carbocycles. The SMILES string of the molecule is COc1cc(O)c(/C=C\C(C)(C)O)c2c1C(=O)C[C@@H](c1ccc(O)cc1)O2. The molecule has 0 amide bonds. The molecule has 6 nitrogen and oxygen atoms in total. The van der Waals surface area contributed by atoms with Crippen molar-refractivity contribution in [2.45, 2.75) is 32.0 Å². The number of hydrogen-bond donors (Lipinski definition) is 3. The van der Waals surface area contributed by atoms with Crippen molar-refractivity contribution >= 4 is 11.9 Å². The number of ketones is 1. The summed E-state index contributed by atoms with van der Waals surface area (Å²) in [6.45, 7) is 3.20. The van der Waals surface area contributed by atoms with Gasteiger partial charge in [0.05, 0.1) is 24.7 Å². The molecule has 0 unspecified atom stereocenters. The Morgan fingerprint density at radius 3 is 2.48 bits per heavy atom. The lowest BCUT2D eigenvalue weighted by Crippen LogP contribution is -2.22. The van der Waals surface area contributed by atoms with Crippen molar-refractivity contribution in [3.63, 3.8) is 0 Å². The van der Waals surface area contributed by atoms with E-state index in [0.717, 1.165) is 5.56 Å². The minimum absolute atomic E-state index is 0.105. The van der Waals surface area contributed by atoms with Crippen molar-refractivity contribution in [2.75, 3.05) is 7.11 Å². The second kappa shape index (κ2) is 6.96. The first-order chi connectivity index (χ1) is 12.7. The summed E-state index contributed by atoms with van der Waals surface area (Å²) in [5.41, 5.74) is 0.186. The molecule has 6 heteroatoms. The third-order valence-electron chi connectivity index (χ3n) is 4.31. The second-order valence-corrected chi connectivity index (χ2v) is 7.03. The van der Waals surface area contributed by atoms with Gasteiger partial charge in [-0.3, -0.25) is 4.79 Å². The van der Waals surface area contributed by atoms with Gasteiger partial charge >= 0.3 is 0 Å². The Morgan fingerprint density at radius 2 is 1.89 bits per heavy atom. The highest BCUT2D eigenvalue weighted by Crippen LogP contribution is 2.46. The Kier molecular flexibility index (Phi) is 4.85. The molecule has 0 saturated heterocycles. The number of ether oxygens (including phenoxy) is 2. The highest BCUT2D eigenvalue weighted by Gasteiger charge is 2.33. The van der Waals surface area contributed by atoms with Crippen LogP contribution in [0.5, 0.6) is 23.0 Å². The highest BCUT2D eigenvalue weighted by molar-refractivity contribution is 6.04. The molecule has 1 aliphatic heterocycles. The molecule has 27 heavy (non-hydrogen) atoms. The molecule has 0 fully saturated rings. The van der Waals surface area contributed by atoms with E-state index in [-0.39, 0.29) is 40.8 Å². The number of benzene rings is 2. The predicted molar refractivity (Wildman–Crippen MR) is 100 cm³/mol. The van der Waals surface area contributed by atoms with Crippen molar-refractivity contribution in [3.8, 4) is 23.0 Å². The number of phenolic OH excluding ortho intramolecular Hbond substituents is 2. The van der Waals surface area contributed by atoms with Crippen molar-refractivity contribution in [1.82, 2.24) is 0 Å². The van der Waals surface area contributed by atoms with Gasteiger partial charge in [-0.2, -0.15) is 0 Å². The number of phenols is 2. The molecule has 0 spiro atoms. The van der Waals surface area contributed by atoms with Crippen LogP contribution in [0.15, 0.2) is 36.4 Å². The molecule has 3 rings (SSSR count). The third-order valence-corrected chi connectivity index (χ3v) is 4.31. The van der Waals surface area contributed by atoms with Crippen LogP contribution < -0.4 is 9.47 Å². The molecule has 2 aromatic rings. The van der Waals surface area contributed by atoms with E-state index >= 15 is 0 Å². The van der Waals surface area contributed by atoms with Crippen LogP contribution in [0.2, 0.25) is 0 Å². The van der Waals surface area contributed by atoms with Gasteiger partial charge in [-0.25, -0.2) is 0 Å². The van der Waals surface area contributed by atoms with Crippen LogP contribution in [0.1, 0.15) is 47.9 Å². The normalized spacial score (nSPS) is 16.9. The number of Topliss-reactive ketones (excluding diaryl/α,β-unsaturated/α-hetero) is 1. The topological polar surface area (TPSA) is 96.2 Å². The molecular weight excluding hydrogens is 348 g/mol. The first kappa shape index (κ1) is 18.8. The maximum absolute atomic E-state index is 12.8. The van der Waals surface area contributed by atoms with Gasteiger partial charge in [0, 0.05) is 6.07 Å². The standard InChI is InChI=1S/C21H22O6/c1-21(2,25)9-8-14-15(23)10-18(26-3)19-16(24)11-17(27-20(14)19)12-4-6-13(22)7-5-12/h4-10,17,22-23,25H,11H2,1-3H3/b9-8-/t17-/m0/s1. The summed E-state index contributed by atoms with van der Waals surface area (Å²) in [6, 6.07) is 7.79. The summed E-state index contributed by atoms with van der Waals surface area (Å²) < 4.78 is 11.3. The Morgan fingerprint density at radius 1 is 1.22 bits per heavy atom. The van der Waals surface area contributed by atoms with Crippen molar-refractivity contribution in [1.29, 1.82) is 0 Å². The molecule has 0 bridgehead atoms. The van der Waals surface area contributed by atoms with Gasteiger partial charge in [0.15, 0.2) is 5.78 Å². The van der Waals surface area contributed by atoms with E-state index in [9.17, 15) is 20.1 Å². The number of methoxy groups -OCH3 is 1. The summed E-state index contributed by atoms with van der Waals surface area (Å²) in [4.78, 5) is 12.8. The summed E-state index contributed by atoms with van der Waals surface area (Å²) in [7, 11) is 1.42. The predicted octanol–water partition coefficient (Wildman–Crippen LogP) is 3.60. The monoisotopic (exact) mass is 370 g/mol. The molecule has 0 radical (unpaired) electrons. The fraction of sp³-hybridized carbons (Fsp3) is 0.286. The molecule has 1 aliphatic rings. The number of carbonyl (C=O) groups is 1. The molecule has 1 atom stereocenters. The minimum Gasteiger partial charge on any atom is -0.508 e. The van der Waals surface area contributed by atoms with Gasteiger partial charge in [-0.1, -0.05) is 18.2 Å². The number of aliphatic hydroxyl groups is 1. The number of hydrogen-bond acceptors (Lipinski definition) is 6. The van der Waals surface area contributed by atoms with E-state index in [2.05, 4.69) is 0 Å². The smallest absolute Gasteiger partial charge is 0.174 e. The van der Waals surface area contributed by atoms with Crippen LogP contribution in [-0.4, -0.2) is 33.8 Å². The lowest BCUT2D eigenvalue weighted by molar-refractivity contribution is 0.0843. The average Bonchev–Trinajstić information content (AvgIpc) is 2.59. The zero-order valence-corrected chi connectivity index (χ0v) is 15.4. The lowest BCUT2D eigenvalue weighted by atomic mass is 9.92. The number of aromatic hydroxyl groups is 2. The van der Waals surface area contributed by atoms with Crippen molar-refractivity contribution in [3.05, 3.63) is 53.1 Å². The van der Waals surface area contributed by atoms with E-state index < -0.39 is 11.7 Å². The van der Waals surface area contributed by atoms with Crippen LogP contribution in [0.25, 0.3) is 6.08 Å². The summed E-state index contributed by atoms with van der Waals surface area (Å²) in [6.07, 6.45) is 2.58. The minimum atomic E-state index is -1.10. The van der Waals surface area contributed by atoms with E-state index in [1.807, 2.05) is 0 Å². The molecule has 2 aromatic carbocycles. The van der Waals surface area contributed by atoms with Crippen LogP contribution in [0.4, 0.5) is 0 Å². The molecule has 0 aliphatic carbocycles. The fourth-order valence-electron chi connectivity index (χ4n) is 2.96. The van der Waals surface area contributed by atoms with E-state index in [0.29, 0.717) is 5.56 Å². The van der Waals surface area contributed by atoms with Gasteiger partial charge in [0.1, 0.15) is 34.7 Å². The maximum atomic E-state index is 12.8. The Bertz CT molecular complexity index is 890. The second-order valence-electron chi connectivity index (χ2n) is 7.03. The zero-order valence-electron chi connectivity index (χ0n) is 15.4. The summed E-state index contributed by atoms with van der Waals surface area (Å²) in [5, 5.41) is 29.8. The average molecular weight is 370 g/mol. The molecule has 1 heterocycles. The summed E-state index contributed by atoms with van der Waals surface area (Å²) >= 11 is 0. The quantitative estimate of drug-likeness (QED) is 0.761. The lowest BCUT2D eigenvalue weighted by Gasteiger charge is -2.28. The van der Waals surface area contributed by atoms with Gasteiger partial charge in [-0.05, 0) is 37.6 Å². The number of rotatable bonds is 4. The first-order valence-electron chi connectivity index (χ1n) is 8.54. The molecule has 3 N–H and O–H groups in total. The maximum Gasteiger partial charge on any atom is 0.174 e. The third kappa shape index (κ3) is 3.90. The van der Waals surface area contributed by atoms with E-state index in [1.54, 1.807) is 26.0 Å². The van der Waals surface area contributed by atoms with Crippen molar-refractivity contribution < 1.29 is 29.6 Å². The van der Waals surface area contributed by atoms with Crippen molar-refractivity contribution in [2.24, 2.45) is 0 Å². The van der Waals surface area contributed by atoms with E-state index in [1.165, 1.54) is 37.5 Å². The highest BCUT2D eigenvalue weighted by atomic mass is 16.5. The zero-order chi connectivity index (χ0) is 19.8. The van der Waals surface area contributed by atoms with Crippen LogP contribution >= 0.6 is 0 Å². The Labute approximate surface area is 157 Å².